The third-order valence-electron chi connectivity index (χ3n) is 4.43. The number of aryl methyl sites for hydroxylation is 1. The summed E-state index contributed by atoms with van der Waals surface area (Å²) in [5.41, 5.74) is 1.59. The summed E-state index contributed by atoms with van der Waals surface area (Å²) in [5, 5.41) is 0. The van der Waals surface area contributed by atoms with Gasteiger partial charge in [-0.1, -0.05) is 69.9 Å². The molecule has 0 saturated carbocycles. The van der Waals surface area contributed by atoms with Crippen molar-refractivity contribution < 1.29 is 16.8 Å². The lowest BCUT2D eigenvalue weighted by molar-refractivity contribution is 0.448. The maximum Gasteiger partial charge on any atom is 0.256 e. The predicted octanol–water partition coefficient (Wildman–Crippen LogP) is 4.14. The second-order valence-electron chi connectivity index (χ2n) is 6.45. The molecule has 0 amide bonds. The molecule has 0 N–H and O–H groups in total. The summed E-state index contributed by atoms with van der Waals surface area (Å²) in [7, 11) is -8.64. The molecule has 0 radical (unpaired) electrons. The van der Waals surface area contributed by atoms with E-state index in [4.69, 9.17) is 0 Å². The molecule has 1 atom stereocenters. The van der Waals surface area contributed by atoms with E-state index >= 15 is 0 Å². The van der Waals surface area contributed by atoms with E-state index in [1.54, 1.807) is 55.5 Å². The van der Waals surface area contributed by atoms with Gasteiger partial charge >= 0.3 is 0 Å². The fourth-order valence-corrected chi connectivity index (χ4v) is 6.95. The first-order chi connectivity index (χ1) is 13.2. The summed E-state index contributed by atoms with van der Waals surface area (Å²) in [6.07, 6.45) is 0. The van der Waals surface area contributed by atoms with Crippen molar-refractivity contribution in [3.05, 3.63) is 96.1 Å². The summed E-state index contributed by atoms with van der Waals surface area (Å²) in [5.74, 6) is 0. The van der Waals surface area contributed by atoms with Gasteiger partial charge in [-0.15, -0.1) is 0 Å². The molecule has 3 aromatic rings. The molecule has 0 fully saturated rings. The molecule has 28 heavy (non-hydrogen) atoms. The van der Waals surface area contributed by atoms with E-state index in [-0.39, 0.29) is 9.79 Å². The van der Waals surface area contributed by atoms with Gasteiger partial charge in [-0.3, -0.25) is 0 Å². The van der Waals surface area contributed by atoms with Crippen molar-refractivity contribution in [2.75, 3.05) is 0 Å². The van der Waals surface area contributed by atoms with E-state index in [2.05, 4.69) is 0 Å². The Bertz CT molecular complexity index is 1070. The maximum atomic E-state index is 13.4. The Kier molecular flexibility index (Phi) is 5.69. The molecule has 7 heteroatoms. The molecule has 146 valence electrons. The number of sulfonamides is 2. The van der Waals surface area contributed by atoms with Gasteiger partial charge in [-0.25, -0.2) is 16.8 Å². The van der Waals surface area contributed by atoms with Gasteiger partial charge in [0.25, 0.3) is 20.0 Å². The highest BCUT2D eigenvalue weighted by Gasteiger charge is 2.40. The van der Waals surface area contributed by atoms with Crippen LogP contribution < -0.4 is 0 Å². The molecule has 3 rings (SSSR count). The molecule has 0 saturated heterocycles. The predicted molar refractivity (Wildman–Crippen MR) is 109 cm³/mol. The molecule has 0 aliphatic heterocycles. The number of benzene rings is 3. The van der Waals surface area contributed by atoms with Crippen LogP contribution in [0.25, 0.3) is 0 Å². The van der Waals surface area contributed by atoms with Gasteiger partial charge in [0.05, 0.1) is 15.8 Å². The van der Waals surface area contributed by atoms with E-state index in [1.807, 2.05) is 19.1 Å². The number of hydrogen-bond acceptors (Lipinski definition) is 4. The van der Waals surface area contributed by atoms with Gasteiger partial charge < -0.3 is 0 Å². The summed E-state index contributed by atoms with van der Waals surface area (Å²) in [6.45, 7) is 3.49. The lowest BCUT2D eigenvalue weighted by atomic mass is 10.1. The van der Waals surface area contributed by atoms with Gasteiger partial charge in [0.1, 0.15) is 0 Å². The Morgan fingerprint density at radius 1 is 0.643 bits per heavy atom. The zero-order chi connectivity index (χ0) is 20.4. The van der Waals surface area contributed by atoms with Crippen molar-refractivity contribution in [3.63, 3.8) is 0 Å². The molecular formula is C21H21NO4S2. The van der Waals surface area contributed by atoms with Crippen LogP contribution in [0.1, 0.15) is 24.1 Å². The van der Waals surface area contributed by atoms with E-state index in [1.165, 1.54) is 24.3 Å². The molecule has 3 aromatic carbocycles. The zero-order valence-electron chi connectivity index (χ0n) is 15.6. The van der Waals surface area contributed by atoms with Gasteiger partial charge in [0, 0.05) is 0 Å². The topological polar surface area (TPSA) is 71.5 Å². The Morgan fingerprint density at radius 3 is 1.43 bits per heavy atom. The molecule has 5 nitrogen and oxygen atoms in total. The molecule has 1 unspecified atom stereocenters. The van der Waals surface area contributed by atoms with Crippen molar-refractivity contribution >= 4 is 20.0 Å². The SMILES string of the molecule is Cc1ccc(C(C)N(S(=O)(=O)c2ccccc2)S(=O)(=O)c2ccccc2)cc1. The largest absolute Gasteiger partial charge is 0.256 e. The number of nitrogens with zero attached hydrogens (tertiary/aromatic N) is 1. The first kappa shape index (κ1) is 20.3. The normalized spacial score (nSPS) is 13.4. The van der Waals surface area contributed by atoms with Crippen LogP contribution in [0.5, 0.6) is 0 Å². The van der Waals surface area contributed by atoms with Crippen molar-refractivity contribution in [2.24, 2.45) is 0 Å². The lowest BCUT2D eigenvalue weighted by Crippen LogP contribution is -2.38. The molecule has 0 spiro atoms. The highest BCUT2D eigenvalue weighted by Crippen LogP contribution is 2.33. The van der Waals surface area contributed by atoms with Crippen molar-refractivity contribution in [3.8, 4) is 0 Å². The summed E-state index contributed by atoms with van der Waals surface area (Å²) in [4.78, 5) is -0.151. The third-order valence-corrected chi connectivity index (χ3v) is 8.93. The van der Waals surface area contributed by atoms with Crippen LogP contribution in [-0.2, 0) is 20.0 Å². The van der Waals surface area contributed by atoms with E-state index < -0.39 is 26.1 Å². The molecular weight excluding hydrogens is 394 g/mol. The number of hydrogen-bond donors (Lipinski definition) is 0. The first-order valence-corrected chi connectivity index (χ1v) is 11.6. The lowest BCUT2D eigenvalue weighted by Gasteiger charge is -2.28. The second kappa shape index (κ2) is 7.87. The molecule has 0 heterocycles. The Balaban J connectivity index is 2.21. The zero-order valence-corrected chi connectivity index (χ0v) is 17.2. The van der Waals surface area contributed by atoms with Crippen molar-refractivity contribution in [1.29, 1.82) is 0 Å². The molecule has 0 aliphatic carbocycles. The van der Waals surface area contributed by atoms with E-state index in [0.29, 0.717) is 9.27 Å². The summed E-state index contributed by atoms with van der Waals surface area (Å²) < 4.78 is 54.1. The van der Waals surface area contributed by atoms with Crippen molar-refractivity contribution in [2.45, 2.75) is 29.7 Å². The smallest absolute Gasteiger partial charge is 0.206 e. The third kappa shape index (κ3) is 3.87. The molecule has 0 aromatic heterocycles. The molecule has 0 aliphatic rings. The average Bonchev–Trinajstić information content (AvgIpc) is 2.69. The molecule has 0 bridgehead atoms. The summed E-state index contributed by atoms with van der Waals surface area (Å²) >= 11 is 0. The van der Waals surface area contributed by atoms with Crippen molar-refractivity contribution in [1.82, 2.24) is 3.71 Å². The Morgan fingerprint density at radius 2 is 1.04 bits per heavy atom. The Hall–Kier alpha value is -2.48. The van der Waals surface area contributed by atoms with Crippen LogP contribution in [0.4, 0.5) is 0 Å². The van der Waals surface area contributed by atoms with E-state index in [9.17, 15) is 16.8 Å². The fraction of sp³-hybridized carbons (Fsp3) is 0.143. The monoisotopic (exact) mass is 415 g/mol. The van der Waals surface area contributed by atoms with Crippen LogP contribution in [-0.4, -0.2) is 20.5 Å². The van der Waals surface area contributed by atoms with Crippen LogP contribution in [0.3, 0.4) is 0 Å². The van der Waals surface area contributed by atoms with E-state index in [0.717, 1.165) is 5.56 Å². The second-order valence-corrected chi connectivity index (χ2v) is 10.3. The fourth-order valence-electron chi connectivity index (χ4n) is 2.90. The highest BCUT2D eigenvalue weighted by molar-refractivity contribution is 8.04. The highest BCUT2D eigenvalue weighted by atomic mass is 32.3. The summed E-state index contributed by atoms with van der Waals surface area (Å²) in [6, 6.07) is 21.4. The van der Waals surface area contributed by atoms with Gasteiger partial charge in [-0.05, 0) is 43.7 Å². The van der Waals surface area contributed by atoms with Gasteiger partial charge in [0.2, 0.25) is 0 Å². The first-order valence-electron chi connectivity index (χ1n) is 8.71. The van der Waals surface area contributed by atoms with Crippen LogP contribution in [0.15, 0.2) is 94.7 Å². The van der Waals surface area contributed by atoms with Gasteiger partial charge in [-0.2, -0.15) is 0 Å². The van der Waals surface area contributed by atoms with Crippen LogP contribution in [0, 0.1) is 6.92 Å². The minimum Gasteiger partial charge on any atom is -0.206 e. The van der Waals surface area contributed by atoms with Crippen LogP contribution >= 0.6 is 0 Å². The standard InChI is InChI=1S/C21H21NO4S2/c1-17-13-15-19(16-14-17)18(2)22(27(23,24)20-9-5-3-6-10-20)28(25,26)21-11-7-4-8-12-21/h3-16,18H,1-2H3. The van der Waals surface area contributed by atoms with Gasteiger partial charge in [0.15, 0.2) is 0 Å². The minimum atomic E-state index is -4.32. The average molecular weight is 416 g/mol. The quantitative estimate of drug-likeness (QED) is 0.607. The Labute approximate surface area is 166 Å². The maximum absolute atomic E-state index is 13.4. The van der Waals surface area contributed by atoms with Crippen LogP contribution in [0.2, 0.25) is 0 Å². The number of rotatable bonds is 6. The minimum absolute atomic E-state index is 0.0755.